The fourth-order valence-corrected chi connectivity index (χ4v) is 6.14. The zero-order valence-corrected chi connectivity index (χ0v) is 17.8. The van der Waals surface area contributed by atoms with E-state index in [-0.39, 0.29) is 11.2 Å². The lowest BCUT2D eigenvalue weighted by molar-refractivity contribution is 0.108. The third kappa shape index (κ3) is 3.14. The number of phenols is 1. The Labute approximate surface area is 181 Å². The molecule has 7 heteroatoms. The maximum Gasteiger partial charge on any atom is 0.176 e. The second-order valence-corrected chi connectivity index (χ2v) is 9.05. The van der Waals surface area contributed by atoms with Crippen LogP contribution < -0.4 is 9.57 Å². The molecule has 4 atom stereocenters. The average Bonchev–Trinajstić information content (AvgIpc) is 3.14. The molecule has 0 aliphatic heterocycles. The molecule has 31 heavy (non-hydrogen) atoms. The van der Waals surface area contributed by atoms with Crippen LogP contribution in [0.25, 0.3) is 0 Å². The lowest BCUT2D eigenvalue weighted by atomic mass is 9.55. The summed E-state index contributed by atoms with van der Waals surface area (Å²) in [5.74, 6) is 2.26. The van der Waals surface area contributed by atoms with Crippen molar-refractivity contribution in [2.24, 2.45) is 27.6 Å². The topological polar surface area (TPSA) is 96.5 Å². The molecule has 1 heterocycles. The van der Waals surface area contributed by atoms with Gasteiger partial charge < -0.3 is 19.9 Å². The van der Waals surface area contributed by atoms with Gasteiger partial charge in [-0.3, -0.25) is 4.98 Å². The first-order chi connectivity index (χ1) is 15.0. The number of benzene rings is 1. The standard InChI is InChI=1S/C24H27N3O4/c1-24-8-7-15-16-12-22(30-2)21(28)11-18(16)20(27-31-14-4-3-9-25-13-14)10-17(15)19(24)5-6-23(24)26-29/h3-4,9,11-13,15,17,19,28-29H,5-8,10H2,1-2H3/t15-,17-,19+,24+/m1/s1. The number of ether oxygens (including phenoxy) is 1. The highest BCUT2D eigenvalue weighted by molar-refractivity contribution is 6.04. The summed E-state index contributed by atoms with van der Waals surface area (Å²) < 4.78 is 5.41. The van der Waals surface area contributed by atoms with E-state index in [0.29, 0.717) is 29.3 Å². The van der Waals surface area contributed by atoms with E-state index in [1.165, 1.54) is 0 Å². The summed E-state index contributed by atoms with van der Waals surface area (Å²) in [4.78, 5) is 9.78. The summed E-state index contributed by atoms with van der Waals surface area (Å²) in [6.07, 6.45) is 7.90. The summed E-state index contributed by atoms with van der Waals surface area (Å²) in [5, 5.41) is 28.2. The van der Waals surface area contributed by atoms with E-state index in [1.54, 1.807) is 31.6 Å². The highest BCUT2D eigenvalue weighted by Gasteiger charge is 2.54. The van der Waals surface area contributed by atoms with Gasteiger partial charge in [0.15, 0.2) is 17.2 Å². The van der Waals surface area contributed by atoms with Crippen LogP contribution in [0.1, 0.15) is 56.1 Å². The fraction of sp³-hybridized carbons (Fsp3) is 0.458. The van der Waals surface area contributed by atoms with E-state index in [9.17, 15) is 10.3 Å². The van der Waals surface area contributed by atoms with Crippen LogP contribution in [-0.4, -0.2) is 33.8 Å². The van der Waals surface area contributed by atoms with E-state index in [1.807, 2.05) is 12.1 Å². The Balaban J connectivity index is 1.58. The van der Waals surface area contributed by atoms with Crippen molar-refractivity contribution < 1.29 is 19.9 Å². The minimum Gasteiger partial charge on any atom is -0.504 e. The molecule has 0 radical (unpaired) electrons. The van der Waals surface area contributed by atoms with Gasteiger partial charge in [0.2, 0.25) is 0 Å². The van der Waals surface area contributed by atoms with Crippen molar-refractivity contribution >= 4 is 11.4 Å². The lowest BCUT2D eigenvalue weighted by Crippen LogP contribution is -2.43. The van der Waals surface area contributed by atoms with E-state index in [0.717, 1.165) is 54.7 Å². The van der Waals surface area contributed by atoms with Crippen LogP contribution in [0.3, 0.4) is 0 Å². The van der Waals surface area contributed by atoms with Gasteiger partial charge in [-0.15, -0.1) is 0 Å². The highest BCUT2D eigenvalue weighted by atomic mass is 16.6. The minimum atomic E-state index is -0.0796. The number of hydrogen-bond donors (Lipinski definition) is 2. The molecule has 2 aromatic rings. The number of nitrogens with zero attached hydrogens (tertiary/aromatic N) is 3. The maximum absolute atomic E-state index is 10.4. The molecule has 0 spiro atoms. The Morgan fingerprint density at radius 1 is 1.26 bits per heavy atom. The Kier molecular flexibility index (Phi) is 4.84. The summed E-state index contributed by atoms with van der Waals surface area (Å²) in [6, 6.07) is 7.32. The predicted molar refractivity (Wildman–Crippen MR) is 116 cm³/mol. The molecule has 0 unspecified atom stereocenters. The molecule has 162 valence electrons. The van der Waals surface area contributed by atoms with Gasteiger partial charge >= 0.3 is 0 Å². The molecule has 0 amide bonds. The van der Waals surface area contributed by atoms with E-state index in [2.05, 4.69) is 22.2 Å². The van der Waals surface area contributed by atoms with Crippen molar-refractivity contribution in [1.29, 1.82) is 0 Å². The number of phenolic OH excluding ortho intramolecular Hbond substituents is 1. The maximum atomic E-state index is 10.4. The summed E-state index contributed by atoms with van der Waals surface area (Å²) in [7, 11) is 1.57. The smallest absolute Gasteiger partial charge is 0.176 e. The van der Waals surface area contributed by atoms with Crippen LogP contribution in [-0.2, 0) is 0 Å². The van der Waals surface area contributed by atoms with Crippen LogP contribution in [0.4, 0.5) is 0 Å². The van der Waals surface area contributed by atoms with Gasteiger partial charge in [0.05, 0.1) is 24.7 Å². The second-order valence-electron chi connectivity index (χ2n) is 9.05. The fourth-order valence-electron chi connectivity index (χ4n) is 6.14. The van der Waals surface area contributed by atoms with Gasteiger partial charge in [-0.2, -0.15) is 0 Å². The van der Waals surface area contributed by atoms with Gasteiger partial charge in [0.1, 0.15) is 0 Å². The Morgan fingerprint density at radius 2 is 2.13 bits per heavy atom. The monoisotopic (exact) mass is 421 g/mol. The number of rotatable bonds is 3. The first-order valence-electron chi connectivity index (χ1n) is 10.8. The average molecular weight is 421 g/mol. The van der Waals surface area contributed by atoms with Gasteiger partial charge in [0.25, 0.3) is 0 Å². The Hall–Kier alpha value is -3.09. The Bertz CT molecular complexity index is 1050. The second kappa shape index (κ2) is 7.55. The van der Waals surface area contributed by atoms with E-state index in [4.69, 9.17) is 9.57 Å². The molecule has 3 aliphatic carbocycles. The number of methoxy groups -OCH3 is 1. The van der Waals surface area contributed by atoms with Crippen molar-refractivity contribution in [2.75, 3.05) is 7.11 Å². The molecule has 3 aliphatic rings. The third-order valence-corrected chi connectivity index (χ3v) is 7.68. The number of aromatic hydroxyl groups is 1. The van der Waals surface area contributed by atoms with Crippen molar-refractivity contribution in [2.45, 2.75) is 44.9 Å². The molecule has 5 rings (SSSR count). The normalized spacial score (nSPS) is 31.7. The molecule has 2 fully saturated rings. The van der Waals surface area contributed by atoms with Crippen molar-refractivity contribution in [3.8, 4) is 17.2 Å². The molecule has 2 saturated carbocycles. The zero-order chi connectivity index (χ0) is 21.6. The molecule has 2 N–H and O–H groups in total. The minimum absolute atomic E-state index is 0.0796. The highest BCUT2D eigenvalue weighted by Crippen LogP contribution is 2.60. The number of oxime groups is 2. The van der Waals surface area contributed by atoms with E-state index >= 15 is 0 Å². The molecular formula is C24H27N3O4. The molecule has 7 nitrogen and oxygen atoms in total. The zero-order valence-electron chi connectivity index (χ0n) is 17.8. The SMILES string of the molecule is COc1cc2c(cc1O)C(=NOc1cccnc1)C[C@@H]1[C@@H]2CC[C@]2(C)C(=NO)CC[C@@H]12. The first-order valence-corrected chi connectivity index (χ1v) is 10.8. The van der Waals surface area contributed by atoms with Gasteiger partial charge in [-0.1, -0.05) is 17.2 Å². The number of fused-ring (bicyclic) bond motifs is 5. The summed E-state index contributed by atoms with van der Waals surface area (Å²) in [6.45, 7) is 2.24. The van der Waals surface area contributed by atoms with E-state index < -0.39 is 0 Å². The predicted octanol–water partition coefficient (Wildman–Crippen LogP) is 4.72. The van der Waals surface area contributed by atoms with Crippen molar-refractivity contribution in [3.63, 3.8) is 0 Å². The summed E-state index contributed by atoms with van der Waals surface area (Å²) >= 11 is 0. The first kappa shape index (κ1) is 19.8. The molecule has 0 bridgehead atoms. The molecular weight excluding hydrogens is 394 g/mol. The van der Waals surface area contributed by atoms with Crippen LogP contribution >= 0.6 is 0 Å². The van der Waals surface area contributed by atoms with Crippen LogP contribution in [0.2, 0.25) is 0 Å². The largest absolute Gasteiger partial charge is 0.504 e. The molecule has 1 aromatic heterocycles. The van der Waals surface area contributed by atoms with Crippen LogP contribution in [0.15, 0.2) is 47.0 Å². The summed E-state index contributed by atoms with van der Waals surface area (Å²) in [5.41, 5.74) is 3.73. The van der Waals surface area contributed by atoms with Gasteiger partial charge in [0, 0.05) is 17.2 Å². The van der Waals surface area contributed by atoms with Crippen LogP contribution in [0.5, 0.6) is 17.2 Å². The van der Waals surface area contributed by atoms with Crippen LogP contribution in [0, 0.1) is 17.3 Å². The number of pyridine rings is 1. The van der Waals surface area contributed by atoms with Crippen molar-refractivity contribution in [1.82, 2.24) is 4.98 Å². The molecule has 1 aromatic carbocycles. The Morgan fingerprint density at radius 3 is 2.87 bits per heavy atom. The third-order valence-electron chi connectivity index (χ3n) is 7.68. The lowest BCUT2D eigenvalue weighted by Gasteiger charge is -2.48. The van der Waals surface area contributed by atoms with Gasteiger partial charge in [-0.05, 0) is 79.7 Å². The number of aromatic nitrogens is 1. The molecule has 0 saturated heterocycles. The van der Waals surface area contributed by atoms with Gasteiger partial charge in [-0.25, -0.2) is 0 Å². The van der Waals surface area contributed by atoms with Crippen molar-refractivity contribution in [3.05, 3.63) is 47.8 Å². The quantitative estimate of drug-likeness (QED) is 0.552. The number of hydrogen-bond acceptors (Lipinski definition) is 7.